The van der Waals surface area contributed by atoms with Gasteiger partial charge >= 0.3 is 0 Å². The molecule has 0 saturated carbocycles. The number of aromatic nitrogens is 2. The Kier molecular flexibility index (Phi) is 3.21. The first-order chi connectivity index (χ1) is 7.24. The minimum atomic E-state index is 0. The summed E-state index contributed by atoms with van der Waals surface area (Å²) in [6, 6.07) is 8.44. The van der Waals surface area contributed by atoms with Crippen molar-refractivity contribution in [3.8, 4) is 0 Å². The number of aryl methyl sites for hydroxylation is 1. The van der Waals surface area contributed by atoms with Crippen LogP contribution < -0.4 is 28.5 Å². The van der Waals surface area contributed by atoms with Crippen molar-refractivity contribution < 1.29 is 28.5 Å². The number of rotatable bonds is 0. The summed E-state index contributed by atoms with van der Waals surface area (Å²) in [5.41, 5.74) is 2.35. The smallest absolute Gasteiger partial charge is 0.192 e. The normalized spacial score (nSPS) is 10.6. The molecular weight excluding hydrogens is 379 g/mol. The van der Waals surface area contributed by atoms with Crippen molar-refractivity contribution in [1.29, 1.82) is 0 Å². The lowest BCUT2D eigenvalue weighted by Gasteiger charge is -1.91. The highest BCUT2D eigenvalue weighted by Gasteiger charge is 2.06. The van der Waals surface area contributed by atoms with E-state index in [0.29, 0.717) is 0 Å². The SMILES string of the molecule is C[n+]1ccc2c(c1)[nH]c1ccc(Br)cc12.[I-]. The van der Waals surface area contributed by atoms with E-state index in [2.05, 4.69) is 57.6 Å². The molecule has 0 saturated heterocycles. The molecule has 2 nitrogen and oxygen atoms in total. The highest BCUT2D eigenvalue weighted by atomic mass is 127. The van der Waals surface area contributed by atoms with E-state index in [1.54, 1.807) is 0 Å². The van der Waals surface area contributed by atoms with Gasteiger partial charge in [-0.15, -0.1) is 0 Å². The Morgan fingerprint density at radius 3 is 2.75 bits per heavy atom. The van der Waals surface area contributed by atoms with Gasteiger partial charge in [-0.2, -0.15) is 0 Å². The molecule has 0 amide bonds. The molecule has 0 aliphatic heterocycles. The number of nitrogens with one attached hydrogen (secondary N) is 1. The van der Waals surface area contributed by atoms with Gasteiger partial charge in [-0.25, -0.2) is 4.57 Å². The fourth-order valence-corrected chi connectivity index (χ4v) is 2.29. The molecule has 1 N–H and O–H groups in total. The fourth-order valence-electron chi connectivity index (χ4n) is 1.93. The zero-order valence-electron chi connectivity index (χ0n) is 8.67. The summed E-state index contributed by atoms with van der Waals surface area (Å²) < 4.78 is 3.16. The largest absolute Gasteiger partial charge is 1.00 e. The standard InChI is InChI=1S/C12H9BrN2.HI/c1-15-5-4-9-10-6-8(13)2-3-11(10)14-12(9)7-15;/h2-7H,1H3;1H. The summed E-state index contributed by atoms with van der Waals surface area (Å²) in [5.74, 6) is 0. The molecule has 0 spiro atoms. The average Bonchev–Trinajstić information content (AvgIpc) is 2.54. The Bertz CT molecular complexity index is 660. The van der Waals surface area contributed by atoms with Gasteiger partial charge in [-0.05, 0) is 18.2 Å². The highest BCUT2D eigenvalue weighted by molar-refractivity contribution is 9.10. The van der Waals surface area contributed by atoms with E-state index in [0.717, 1.165) is 4.47 Å². The Labute approximate surface area is 119 Å². The van der Waals surface area contributed by atoms with E-state index in [1.807, 2.05) is 11.6 Å². The van der Waals surface area contributed by atoms with E-state index in [4.69, 9.17) is 0 Å². The highest BCUT2D eigenvalue weighted by Crippen LogP contribution is 2.26. The lowest BCUT2D eigenvalue weighted by atomic mass is 10.2. The predicted octanol–water partition coefficient (Wildman–Crippen LogP) is -0.0879. The molecule has 16 heavy (non-hydrogen) atoms. The Balaban J connectivity index is 0.000000963. The number of benzene rings is 1. The zero-order valence-corrected chi connectivity index (χ0v) is 12.4. The van der Waals surface area contributed by atoms with Gasteiger partial charge < -0.3 is 29.0 Å². The van der Waals surface area contributed by atoms with Gasteiger partial charge in [0.2, 0.25) is 0 Å². The molecule has 0 unspecified atom stereocenters. The number of hydrogen-bond acceptors (Lipinski definition) is 0. The summed E-state index contributed by atoms with van der Waals surface area (Å²) in [6.07, 6.45) is 4.17. The second-order valence-corrected chi connectivity index (χ2v) is 4.67. The van der Waals surface area contributed by atoms with Crippen LogP contribution in [-0.2, 0) is 7.05 Å². The lowest BCUT2D eigenvalue weighted by Crippen LogP contribution is -3.00. The average molecular weight is 389 g/mol. The van der Waals surface area contributed by atoms with Crippen molar-refractivity contribution in [2.24, 2.45) is 7.05 Å². The van der Waals surface area contributed by atoms with Crippen molar-refractivity contribution in [3.63, 3.8) is 0 Å². The molecule has 2 aromatic heterocycles. The van der Waals surface area contributed by atoms with Crippen LogP contribution in [0, 0.1) is 0 Å². The molecule has 3 rings (SSSR count). The van der Waals surface area contributed by atoms with Crippen LogP contribution in [-0.4, -0.2) is 4.98 Å². The molecule has 4 heteroatoms. The third kappa shape index (κ3) is 1.84. The van der Waals surface area contributed by atoms with Crippen LogP contribution in [0.1, 0.15) is 0 Å². The number of pyridine rings is 1. The molecule has 0 aliphatic rings. The molecule has 0 fully saturated rings. The van der Waals surface area contributed by atoms with Gasteiger partial charge in [-0.3, -0.25) is 0 Å². The van der Waals surface area contributed by atoms with Crippen molar-refractivity contribution in [2.45, 2.75) is 0 Å². The van der Waals surface area contributed by atoms with Crippen LogP contribution >= 0.6 is 15.9 Å². The van der Waals surface area contributed by atoms with E-state index in [9.17, 15) is 0 Å². The van der Waals surface area contributed by atoms with Crippen molar-refractivity contribution in [1.82, 2.24) is 4.98 Å². The molecule has 0 aliphatic carbocycles. The van der Waals surface area contributed by atoms with Crippen LogP contribution in [0.4, 0.5) is 0 Å². The number of H-pyrrole nitrogens is 1. The lowest BCUT2D eigenvalue weighted by molar-refractivity contribution is -0.670. The van der Waals surface area contributed by atoms with Crippen LogP contribution in [0.2, 0.25) is 0 Å². The molecule has 0 radical (unpaired) electrons. The molecule has 1 aromatic carbocycles. The monoisotopic (exact) mass is 388 g/mol. The van der Waals surface area contributed by atoms with Crippen LogP contribution in [0.25, 0.3) is 21.8 Å². The molecule has 82 valence electrons. The Morgan fingerprint density at radius 2 is 1.94 bits per heavy atom. The van der Waals surface area contributed by atoms with E-state index in [-0.39, 0.29) is 24.0 Å². The quantitative estimate of drug-likeness (QED) is 0.410. The van der Waals surface area contributed by atoms with Gasteiger partial charge in [0.25, 0.3) is 0 Å². The second-order valence-electron chi connectivity index (χ2n) is 3.75. The molecule has 0 atom stereocenters. The zero-order chi connectivity index (χ0) is 10.4. The first-order valence-electron chi connectivity index (χ1n) is 4.80. The van der Waals surface area contributed by atoms with Crippen molar-refractivity contribution in [3.05, 3.63) is 41.1 Å². The maximum Gasteiger partial charge on any atom is 0.192 e. The van der Waals surface area contributed by atoms with Crippen LogP contribution in [0.15, 0.2) is 41.1 Å². The van der Waals surface area contributed by atoms with Gasteiger partial charge in [0.05, 0.1) is 0 Å². The summed E-state index contributed by atoms with van der Waals surface area (Å²) >= 11 is 3.50. The summed E-state index contributed by atoms with van der Waals surface area (Å²) in [5, 5.41) is 2.53. The van der Waals surface area contributed by atoms with Crippen LogP contribution in [0.5, 0.6) is 0 Å². The summed E-state index contributed by atoms with van der Waals surface area (Å²) in [4.78, 5) is 3.40. The van der Waals surface area contributed by atoms with Gasteiger partial charge in [-0.1, -0.05) is 15.9 Å². The van der Waals surface area contributed by atoms with E-state index < -0.39 is 0 Å². The van der Waals surface area contributed by atoms with Gasteiger partial charge in [0.15, 0.2) is 12.4 Å². The number of hydrogen-bond donors (Lipinski definition) is 1. The minimum absolute atomic E-state index is 0. The maximum absolute atomic E-state index is 3.50. The first-order valence-corrected chi connectivity index (χ1v) is 5.59. The van der Waals surface area contributed by atoms with Gasteiger partial charge in [0, 0.05) is 26.8 Å². The van der Waals surface area contributed by atoms with Crippen molar-refractivity contribution >= 4 is 37.7 Å². The number of nitrogens with zero attached hydrogens (tertiary/aromatic N) is 1. The van der Waals surface area contributed by atoms with E-state index in [1.165, 1.54) is 21.8 Å². The van der Waals surface area contributed by atoms with Gasteiger partial charge in [0.1, 0.15) is 12.6 Å². The second kappa shape index (κ2) is 4.33. The van der Waals surface area contributed by atoms with Crippen LogP contribution in [0.3, 0.4) is 0 Å². The summed E-state index contributed by atoms with van der Waals surface area (Å²) in [6.45, 7) is 0. The molecule has 3 aromatic rings. The third-order valence-corrected chi connectivity index (χ3v) is 3.13. The number of halogens is 2. The number of aromatic amines is 1. The summed E-state index contributed by atoms with van der Waals surface area (Å²) in [7, 11) is 2.03. The first kappa shape index (κ1) is 11.9. The number of fused-ring (bicyclic) bond motifs is 3. The Hall–Kier alpha value is -0.620. The minimum Gasteiger partial charge on any atom is -1.00 e. The molecule has 2 heterocycles. The third-order valence-electron chi connectivity index (χ3n) is 2.64. The topological polar surface area (TPSA) is 19.7 Å². The van der Waals surface area contributed by atoms with E-state index >= 15 is 0 Å². The molecular formula is C12H10BrIN2. The maximum atomic E-state index is 3.50. The predicted molar refractivity (Wildman–Crippen MR) is 64.7 cm³/mol. The fraction of sp³-hybridized carbons (Fsp3) is 0.0833. The molecule has 0 bridgehead atoms. The Morgan fingerprint density at radius 1 is 1.12 bits per heavy atom. The van der Waals surface area contributed by atoms with Crippen molar-refractivity contribution in [2.75, 3.05) is 0 Å².